The highest BCUT2D eigenvalue weighted by Crippen LogP contribution is 2.12. The lowest BCUT2D eigenvalue weighted by Gasteiger charge is -2.04. The SMILES string of the molecule is CCOC(=O)/C(=C/C(=O)c1ccc(NC)cc1)CC. The van der Waals surface area contributed by atoms with Gasteiger partial charge in [-0.15, -0.1) is 0 Å². The van der Waals surface area contributed by atoms with Gasteiger partial charge in [0.1, 0.15) is 0 Å². The molecule has 0 saturated carbocycles. The van der Waals surface area contributed by atoms with Gasteiger partial charge in [-0.25, -0.2) is 4.79 Å². The minimum Gasteiger partial charge on any atom is -0.463 e. The van der Waals surface area contributed by atoms with Crippen LogP contribution in [0, 0.1) is 0 Å². The van der Waals surface area contributed by atoms with Gasteiger partial charge in [-0.05, 0) is 43.7 Å². The van der Waals surface area contributed by atoms with Crippen molar-refractivity contribution >= 4 is 17.4 Å². The molecule has 0 aromatic heterocycles. The Balaban J connectivity index is 2.88. The van der Waals surface area contributed by atoms with E-state index in [0.717, 1.165) is 5.69 Å². The van der Waals surface area contributed by atoms with Crippen molar-refractivity contribution in [3.05, 3.63) is 41.5 Å². The maximum Gasteiger partial charge on any atom is 0.334 e. The molecular weight excluding hydrogens is 242 g/mol. The molecule has 0 amide bonds. The van der Waals surface area contributed by atoms with E-state index >= 15 is 0 Å². The normalized spacial score (nSPS) is 11.0. The quantitative estimate of drug-likeness (QED) is 0.486. The highest BCUT2D eigenvalue weighted by molar-refractivity contribution is 6.08. The van der Waals surface area contributed by atoms with Crippen LogP contribution >= 0.6 is 0 Å². The van der Waals surface area contributed by atoms with E-state index in [2.05, 4.69) is 5.32 Å². The molecule has 0 saturated heterocycles. The maximum absolute atomic E-state index is 12.0. The standard InChI is InChI=1S/C15H19NO3/c1-4-11(15(18)19-5-2)10-14(17)12-6-8-13(16-3)9-7-12/h6-10,16H,4-5H2,1-3H3/b11-10+. The van der Waals surface area contributed by atoms with E-state index in [1.54, 1.807) is 19.1 Å². The number of hydrogen-bond donors (Lipinski definition) is 1. The van der Waals surface area contributed by atoms with Gasteiger partial charge in [0.15, 0.2) is 5.78 Å². The smallest absolute Gasteiger partial charge is 0.334 e. The summed E-state index contributed by atoms with van der Waals surface area (Å²) in [5, 5.41) is 2.98. The van der Waals surface area contributed by atoms with Gasteiger partial charge in [-0.3, -0.25) is 4.79 Å². The molecule has 0 bridgehead atoms. The predicted molar refractivity (Wildman–Crippen MR) is 75.3 cm³/mol. The molecule has 0 fully saturated rings. The van der Waals surface area contributed by atoms with E-state index in [9.17, 15) is 9.59 Å². The number of allylic oxidation sites excluding steroid dienone is 1. The van der Waals surface area contributed by atoms with Gasteiger partial charge in [-0.1, -0.05) is 6.92 Å². The summed E-state index contributed by atoms with van der Waals surface area (Å²) >= 11 is 0. The second-order valence-corrected chi connectivity index (χ2v) is 3.94. The van der Waals surface area contributed by atoms with Crippen LogP contribution in [0.1, 0.15) is 30.6 Å². The number of carbonyl (C=O) groups is 2. The Morgan fingerprint density at radius 2 is 1.84 bits per heavy atom. The van der Waals surface area contributed by atoms with Crippen LogP contribution in [0.5, 0.6) is 0 Å². The van der Waals surface area contributed by atoms with Gasteiger partial charge in [0, 0.05) is 23.9 Å². The summed E-state index contributed by atoms with van der Waals surface area (Å²) in [6, 6.07) is 7.08. The minimum atomic E-state index is -0.426. The zero-order valence-corrected chi connectivity index (χ0v) is 11.5. The average Bonchev–Trinajstić information content (AvgIpc) is 2.44. The van der Waals surface area contributed by atoms with Crippen molar-refractivity contribution in [2.24, 2.45) is 0 Å². The monoisotopic (exact) mass is 261 g/mol. The van der Waals surface area contributed by atoms with Gasteiger partial charge in [0.05, 0.1) is 6.61 Å². The largest absolute Gasteiger partial charge is 0.463 e. The third-order valence-electron chi connectivity index (χ3n) is 2.68. The fourth-order valence-electron chi connectivity index (χ4n) is 1.57. The number of anilines is 1. The van der Waals surface area contributed by atoms with Gasteiger partial charge >= 0.3 is 5.97 Å². The highest BCUT2D eigenvalue weighted by Gasteiger charge is 2.11. The van der Waals surface area contributed by atoms with Crippen molar-refractivity contribution in [3.63, 3.8) is 0 Å². The molecular formula is C15H19NO3. The third-order valence-corrected chi connectivity index (χ3v) is 2.68. The van der Waals surface area contributed by atoms with E-state index in [-0.39, 0.29) is 5.78 Å². The molecule has 102 valence electrons. The molecule has 19 heavy (non-hydrogen) atoms. The first-order chi connectivity index (χ1) is 9.12. The van der Waals surface area contributed by atoms with Gasteiger partial charge < -0.3 is 10.1 Å². The molecule has 1 rings (SSSR count). The van der Waals surface area contributed by atoms with Crippen LogP contribution in [0.25, 0.3) is 0 Å². The van der Waals surface area contributed by atoms with Crippen LogP contribution in [-0.4, -0.2) is 25.4 Å². The molecule has 0 radical (unpaired) electrons. The van der Waals surface area contributed by atoms with Crippen LogP contribution in [0.3, 0.4) is 0 Å². The molecule has 1 aromatic carbocycles. The van der Waals surface area contributed by atoms with Gasteiger partial charge in [0.2, 0.25) is 0 Å². The predicted octanol–water partition coefficient (Wildman–Crippen LogP) is 2.81. The summed E-state index contributed by atoms with van der Waals surface area (Å²) < 4.78 is 4.90. The van der Waals surface area contributed by atoms with Crippen molar-refractivity contribution in [1.29, 1.82) is 0 Å². The zero-order valence-electron chi connectivity index (χ0n) is 11.5. The van der Waals surface area contributed by atoms with Crippen LogP contribution in [0.15, 0.2) is 35.9 Å². The number of nitrogens with one attached hydrogen (secondary N) is 1. The fraction of sp³-hybridized carbons (Fsp3) is 0.333. The Morgan fingerprint density at radius 3 is 2.32 bits per heavy atom. The molecule has 1 N–H and O–H groups in total. The molecule has 1 aromatic rings. The summed E-state index contributed by atoms with van der Waals surface area (Å²) in [4.78, 5) is 23.6. The van der Waals surface area contributed by atoms with Crippen molar-refractivity contribution in [1.82, 2.24) is 0 Å². The van der Waals surface area contributed by atoms with Crippen LogP contribution in [0.2, 0.25) is 0 Å². The van der Waals surface area contributed by atoms with E-state index in [1.165, 1.54) is 6.08 Å². The zero-order chi connectivity index (χ0) is 14.3. The average molecular weight is 261 g/mol. The van der Waals surface area contributed by atoms with Gasteiger partial charge in [-0.2, -0.15) is 0 Å². The lowest BCUT2D eigenvalue weighted by atomic mass is 10.1. The number of ether oxygens (including phenoxy) is 1. The van der Waals surface area contributed by atoms with E-state index in [1.807, 2.05) is 26.1 Å². The molecule has 4 heteroatoms. The number of rotatable bonds is 6. The van der Waals surface area contributed by atoms with Gasteiger partial charge in [0.25, 0.3) is 0 Å². The lowest BCUT2D eigenvalue weighted by Crippen LogP contribution is -2.09. The number of hydrogen-bond acceptors (Lipinski definition) is 4. The van der Waals surface area contributed by atoms with Crippen molar-refractivity contribution in [2.75, 3.05) is 19.0 Å². The Bertz CT molecular complexity index is 475. The Hall–Kier alpha value is -2.10. The van der Waals surface area contributed by atoms with Crippen LogP contribution in [-0.2, 0) is 9.53 Å². The Kier molecular flexibility index (Phi) is 5.79. The molecule has 0 heterocycles. The summed E-state index contributed by atoms with van der Waals surface area (Å²) in [6.07, 6.45) is 1.82. The first-order valence-corrected chi connectivity index (χ1v) is 6.32. The second-order valence-electron chi connectivity index (χ2n) is 3.94. The third kappa shape index (κ3) is 4.25. The van der Waals surface area contributed by atoms with E-state index in [4.69, 9.17) is 4.74 Å². The lowest BCUT2D eigenvalue weighted by molar-refractivity contribution is -0.138. The Morgan fingerprint density at radius 1 is 1.21 bits per heavy atom. The summed E-state index contributed by atoms with van der Waals surface area (Å²) in [5.74, 6) is -0.613. The summed E-state index contributed by atoms with van der Waals surface area (Å²) in [7, 11) is 1.81. The van der Waals surface area contributed by atoms with E-state index < -0.39 is 5.97 Å². The highest BCUT2D eigenvalue weighted by atomic mass is 16.5. The summed E-state index contributed by atoms with van der Waals surface area (Å²) in [5.41, 5.74) is 1.88. The topological polar surface area (TPSA) is 55.4 Å². The van der Waals surface area contributed by atoms with E-state index in [0.29, 0.717) is 24.2 Å². The molecule has 0 aliphatic heterocycles. The number of carbonyl (C=O) groups excluding carboxylic acids is 2. The maximum atomic E-state index is 12.0. The second kappa shape index (κ2) is 7.36. The minimum absolute atomic E-state index is 0.187. The number of esters is 1. The summed E-state index contributed by atoms with van der Waals surface area (Å²) in [6.45, 7) is 3.87. The van der Waals surface area contributed by atoms with Crippen molar-refractivity contribution in [2.45, 2.75) is 20.3 Å². The molecule has 0 aliphatic carbocycles. The number of benzene rings is 1. The number of ketones is 1. The van der Waals surface area contributed by atoms with Crippen molar-refractivity contribution in [3.8, 4) is 0 Å². The van der Waals surface area contributed by atoms with Crippen LogP contribution in [0.4, 0.5) is 5.69 Å². The van der Waals surface area contributed by atoms with Crippen molar-refractivity contribution < 1.29 is 14.3 Å². The molecule has 0 aliphatic rings. The molecule has 0 atom stereocenters. The molecule has 0 spiro atoms. The first kappa shape index (κ1) is 15.0. The molecule has 0 unspecified atom stereocenters. The van der Waals surface area contributed by atoms with Crippen LogP contribution < -0.4 is 5.32 Å². The first-order valence-electron chi connectivity index (χ1n) is 6.32. The fourth-order valence-corrected chi connectivity index (χ4v) is 1.57. The molecule has 4 nitrogen and oxygen atoms in total. The Labute approximate surface area is 113 Å².